The minimum absolute atomic E-state index is 0.660. The molecule has 5 nitrogen and oxygen atoms in total. The average Bonchev–Trinajstić information content (AvgIpc) is 3.34. The minimum Gasteiger partial charge on any atom is -0.467 e. The summed E-state index contributed by atoms with van der Waals surface area (Å²) in [7, 11) is 0. The summed E-state index contributed by atoms with van der Waals surface area (Å²) in [5.74, 6) is 2.87. The van der Waals surface area contributed by atoms with E-state index in [1.54, 1.807) is 6.26 Å². The van der Waals surface area contributed by atoms with Crippen LogP contribution in [0.3, 0.4) is 0 Å². The molecule has 1 fully saturated rings. The van der Waals surface area contributed by atoms with E-state index in [-0.39, 0.29) is 0 Å². The molecule has 1 N–H and O–H groups in total. The number of aromatic nitrogens is 2. The topological polar surface area (TPSA) is 54.2 Å². The number of hydrogen-bond acceptors (Lipinski definition) is 6. The SMILES string of the molecule is c1coc(CNc2nc(CN3CCCCC3)nc3sc4c(c23)CCCC4)c1. The van der Waals surface area contributed by atoms with Gasteiger partial charge in [-0.2, -0.15) is 0 Å². The molecule has 0 aromatic carbocycles. The third kappa shape index (κ3) is 3.60. The summed E-state index contributed by atoms with van der Waals surface area (Å²) < 4.78 is 5.50. The highest BCUT2D eigenvalue weighted by molar-refractivity contribution is 7.19. The van der Waals surface area contributed by atoms with Crippen LogP contribution in [0.2, 0.25) is 0 Å². The Hall–Kier alpha value is -1.92. The van der Waals surface area contributed by atoms with Crippen molar-refractivity contribution in [3.63, 3.8) is 0 Å². The second-order valence-corrected chi connectivity index (χ2v) is 8.73. The van der Waals surface area contributed by atoms with E-state index in [9.17, 15) is 0 Å². The maximum Gasteiger partial charge on any atom is 0.146 e. The first-order valence-electron chi connectivity index (χ1n) is 10.2. The molecule has 2 aliphatic rings. The fraction of sp³-hybridized carbons (Fsp3) is 0.524. The van der Waals surface area contributed by atoms with Crippen molar-refractivity contribution in [2.45, 2.75) is 58.0 Å². The van der Waals surface area contributed by atoms with Crippen LogP contribution in [0.1, 0.15) is 54.1 Å². The number of thiophene rings is 1. The summed E-state index contributed by atoms with van der Waals surface area (Å²) in [6, 6.07) is 3.93. The van der Waals surface area contributed by atoms with E-state index < -0.39 is 0 Å². The molecule has 1 aliphatic carbocycles. The fourth-order valence-corrected chi connectivity index (χ4v) is 5.58. The molecular formula is C21H26N4OS. The molecule has 0 saturated carbocycles. The summed E-state index contributed by atoms with van der Waals surface area (Å²) in [6.45, 7) is 3.84. The lowest BCUT2D eigenvalue weighted by molar-refractivity contribution is 0.216. The quantitative estimate of drug-likeness (QED) is 0.689. The van der Waals surface area contributed by atoms with Crippen molar-refractivity contribution in [3.8, 4) is 0 Å². The molecule has 142 valence electrons. The number of aryl methyl sites for hydroxylation is 2. The highest BCUT2D eigenvalue weighted by Crippen LogP contribution is 2.38. The van der Waals surface area contributed by atoms with Gasteiger partial charge in [-0.05, 0) is 69.3 Å². The van der Waals surface area contributed by atoms with Gasteiger partial charge in [0.15, 0.2) is 0 Å². The Balaban J connectivity index is 1.50. The summed E-state index contributed by atoms with van der Waals surface area (Å²) in [4.78, 5) is 15.1. The lowest BCUT2D eigenvalue weighted by Gasteiger charge is -2.25. The van der Waals surface area contributed by atoms with Crippen molar-refractivity contribution in [3.05, 3.63) is 40.4 Å². The molecule has 6 heteroatoms. The molecule has 5 rings (SSSR count). The van der Waals surface area contributed by atoms with Gasteiger partial charge in [-0.1, -0.05) is 6.42 Å². The van der Waals surface area contributed by atoms with Gasteiger partial charge in [0.05, 0.1) is 24.7 Å². The molecule has 0 amide bonds. The van der Waals surface area contributed by atoms with Gasteiger partial charge in [0, 0.05) is 4.88 Å². The number of hydrogen-bond donors (Lipinski definition) is 1. The van der Waals surface area contributed by atoms with Crippen molar-refractivity contribution in [2.75, 3.05) is 18.4 Å². The van der Waals surface area contributed by atoms with Gasteiger partial charge in [0.2, 0.25) is 0 Å². The Kier molecular flexibility index (Phi) is 4.84. The maximum atomic E-state index is 5.50. The summed E-state index contributed by atoms with van der Waals surface area (Å²) in [6.07, 6.45) is 10.6. The molecule has 3 aromatic heterocycles. The molecule has 1 aliphatic heterocycles. The number of likely N-dealkylation sites (tertiary alicyclic amines) is 1. The maximum absolute atomic E-state index is 5.50. The van der Waals surface area contributed by atoms with Gasteiger partial charge in [-0.3, -0.25) is 4.90 Å². The first-order chi connectivity index (χ1) is 13.4. The zero-order valence-electron chi connectivity index (χ0n) is 15.7. The second-order valence-electron chi connectivity index (χ2n) is 7.65. The van der Waals surface area contributed by atoms with Gasteiger partial charge >= 0.3 is 0 Å². The van der Waals surface area contributed by atoms with Crippen molar-refractivity contribution in [1.82, 2.24) is 14.9 Å². The third-order valence-electron chi connectivity index (χ3n) is 5.68. The standard InChI is InChI=1S/C21H26N4OS/c1-4-10-25(11-5-1)14-18-23-20(22-13-15-7-6-12-26-15)19-16-8-2-3-9-17(16)27-21(19)24-18/h6-7,12H,1-5,8-11,13-14H2,(H,22,23,24). The highest BCUT2D eigenvalue weighted by Gasteiger charge is 2.22. The predicted octanol–water partition coefficient (Wildman–Crippen LogP) is 4.76. The normalized spacial score (nSPS) is 17.9. The molecule has 0 bridgehead atoms. The molecule has 0 unspecified atom stereocenters. The van der Waals surface area contributed by atoms with Crippen LogP contribution in [0, 0.1) is 0 Å². The number of anilines is 1. The van der Waals surface area contributed by atoms with E-state index in [1.165, 1.54) is 54.4 Å². The van der Waals surface area contributed by atoms with Crippen LogP contribution in [0.4, 0.5) is 5.82 Å². The van der Waals surface area contributed by atoms with Crippen LogP contribution < -0.4 is 5.32 Å². The van der Waals surface area contributed by atoms with Crippen LogP contribution in [-0.4, -0.2) is 28.0 Å². The summed E-state index contributed by atoms with van der Waals surface area (Å²) >= 11 is 1.88. The number of nitrogens with one attached hydrogen (secondary N) is 1. The van der Waals surface area contributed by atoms with Crippen molar-refractivity contribution < 1.29 is 4.42 Å². The van der Waals surface area contributed by atoms with Crippen molar-refractivity contribution in [2.24, 2.45) is 0 Å². The lowest BCUT2D eigenvalue weighted by Crippen LogP contribution is -2.30. The van der Waals surface area contributed by atoms with E-state index in [1.807, 2.05) is 23.5 Å². The van der Waals surface area contributed by atoms with E-state index >= 15 is 0 Å². The number of piperidine rings is 1. The lowest BCUT2D eigenvalue weighted by atomic mass is 9.97. The molecule has 4 heterocycles. The minimum atomic E-state index is 0.660. The largest absolute Gasteiger partial charge is 0.467 e. The Labute approximate surface area is 163 Å². The predicted molar refractivity (Wildman–Crippen MR) is 109 cm³/mol. The molecule has 0 atom stereocenters. The van der Waals surface area contributed by atoms with E-state index in [0.29, 0.717) is 6.54 Å². The molecule has 1 saturated heterocycles. The van der Waals surface area contributed by atoms with Crippen molar-refractivity contribution in [1.29, 1.82) is 0 Å². The fourth-order valence-electron chi connectivity index (χ4n) is 4.30. The van der Waals surface area contributed by atoms with Gasteiger partial charge in [-0.15, -0.1) is 11.3 Å². The van der Waals surface area contributed by atoms with E-state index in [0.717, 1.165) is 48.3 Å². The number of fused-ring (bicyclic) bond motifs is 3. The molecule has 3 aromatic rings. The zero-order valence-corrected chi connectivity index (χ0v) is 16.5. The zero-order chi connectivity index (χ0) is 18.1. The van der Waals surface area contributed by atoms with E-state index in [2.05, 4.69) is 10.2 Å². The molecule has 27 heavy (non-hydrogen) atoms. The Morgan fingerprint density at radius 1 is 1.07 bits per heavy atom. The molecular weight excluding hydrogens is 356 g/mol. The van der Waals surface area contributed by atoms with Crippen LogP contribution in [0.5, 0.6) is 0 Å². The summed E-state index contributed by atoms with van der Waals surface area (Å²) in [5.41, 5.74) is 1.48. The van der Waals surface area contributed by atoms with Gasteiger partial charge < -0.3 is 9.73 Å². The monoisotopic (exact) mass is 382 g/mol. The first kappa shape index (κ1) is 17.2. The average molecular weight is 383 g/mol. The number of rotatable bonds is 5. The molecule has 0 radical (unpaired) electrons. The Morgan fingerprint density at radius 3 is 2.81 bits per heavy atom. The highest BCUT2D eigenvalue weighted by atomic mass is 32.1. The molecule has 0 spiro atoms. The smallest absolute Gasteiger partial charge is 0.146 e. The number of furan rings is 1. The van der Waals surface area contributed by atoms with Gasteiger partial charge in [0.1, 0.15) is 22.2 Å². The van der Waals surface area contributed by atoms with Gasteiger partial charge in [0.25, 0.3) is 0 Å². The number of nitrogens with zero attached hydrogens (tertiary/aromatic N) is 3. The second kappa shape index (κ2) is 7.60. The van der Waals surface area contributed by atoms with Crippen LogP contribution in [-0.2, 0) is 25.9 Å². The van der Waals surface area contributed by atoms with Crippen LogP contribution in [0.15, 0.2) is 22.8 Å². The summed E-state index contributed by atoms with van der Waals surface area (Å²) in [5, 5.41) is 4.80. The van der Waals surface area contributed by atoms with E-state index in [4.69, 9.17) is 14.4 Å². The Bertz CT molecular complexity index is 912. The first-order valence-corrected chi connectivity index (χ1v) is 11.0. The van der Waals surface area contributed by atoms with Crippen LogP contribution >= 0.6 is 11.3 Å². The van der Waals surface area contributed by atoms with Gasteiger partial charge in [-0.25, -0.2) is 9.97 Å². The van der Waals surface area contributed by atoms with Crippen LogP contribution in [0.25, 0.3) is 10.2 Å². The third-order valence-corrected chi connectivity index (χ3v) is 6.87. The Morgan fingerprint density at radius 2 is 1.96 bits per heavy atom. The van der Waals surface area contributed by atoms with Crippen molar-refractivity contribution >= 4 is 27.4 Å².